The molecule has 1 spiro atoms. The fourth-order valence-corrected chi connectivity index (χ4v) is 8.27. The molecule has 43 heavy (non-hydrogen) atoms. The molecule has 3 amide bonds. The molecule has 1 aromatic rings. The van der Waals surface area contributed by atoms with Crippen LogP contribution >= 0.6 is 11.6 Å². The fourth-order valence-electron chi connectivity index (χ4n) is 7.95. The lowest BCUT2D eigenvalue weighted by atomic mass is 9.62. The molecule has 2 bridgehead atoms. The van der Waals surface area contributed by atoms with Crippen LogP contribution in [0.25, 0.3) is 0 Å². The number of nitrogens with zero attached hydrogens (tertiary/aromatic N) is 3. The number of hydrogen-bond donors (Lipinski definition) is 1. The van der Waals surface area contributed by atoms with Crippen LogP contribution in [-0.2, 0) is 19.1 Å². The third-order valence-corrected chi connectivity index (χ3v) is 10.6. The molecule has 3 saturated heterocycles. The molecule has 0 radical (unpaired) electrons. The Balaban J connectivity index is 1.94. The minimum atomic E-state index is -1.25. The summed E-state index contributed by atoms with van der Waals surface area (Å²) in [5, 5.41) is 11.1. The number of rotatable bonds is 13. The standard InChI is InChI=1S/C34H48ClN3O5/c1-9-16-36(17-10-2)30(40)26-27-31(41)38(25(20-39)21(5)12-4)29(34(27)19-23(7)33(26,8)43-34)32(42)37(18-11-3)28-22(6)14-13-15-24(28)35/h9,11,13-15,21,23,25-27,29,39H,1,3,10,12,16-20H2,2,4-8H3/t21-,23?,25-,26+,27-,29?,33-,34?/m0/s1. The number of ether oxygens (including phenoxy) is 1. The largest absolute Gasteiger partial charge is 0.394 e. The summed E-state index contributed by atoms with van der Waals surface area (Å²) in [4.78, 5) is 49.1. The average molecular weight is 614 g/mol. The number of benzene rings is 1. The summed E-state index contributed by atoms with van der Waals surface area (Å²) in [6, 6.07) is 3.75. The van der Waals surface area contributed by atoms with E-state index in [0.717, 1.165) is 12.0 Å². The van der Waals surface area contributed by atoms with Gasteiger partial charge in [-0.2, -0.15) is 0 Å². The van der Waals surface area contributed by atoms with Gasteiger partial charge in [-0.25, -0.2) is 0 Å². The van der Waals surface area contributed by atoms with Crippen molar-refractivity contribution in [2.45, 2.75) is 84.1 Å². The topological polar surface area (TPSA) is 90.4 Å². The number of aliphatic hydroxyl groups excluding tert-OH is 1. The smallest absolute Gasteiger partial charge is 0.253 e. The van der Waals surface area contributed by atoms with E-state index in [-0.39, 0.29) is 42.7 Å². The summed E-state index contributed by atoms with van der Waals surface area (Å²) < 4.78 is 6.97. The van der Waals surface area contributed by atoms with Crippen LogP contribution in [0.4, 0.5) is 5.69 Å². The van der Waals surface area contributed by atoms with Gasteiger partial charge in [0.1, 0.15) is 11.6 Å². The molecule has 0 aromatic heterocycles. The Morgan fingerprint density at radius 3 is 2.47 bits per heavy atom. The molecule has 4 rings (SSSR count). The van der Waals surface area contributed by atoms with E-state index in [1.807, 2.05) is 53.7 Å². The van der Waals surface area contributed by atoms with Crippen LogP contribution in [0.1, 0.15) is 59.4 Å². The van der Waals surface area contributed by atoms with Crippen molar-refractivity contribution >= 4 is 35.0 Å². The number of aliphatic hydroxyl groups is 1. The van der Waals surface area contributed by atoms with Gasteiger partial charge >= 0.3 is 0 Å². The molecule has 8 atom stereocenters. The summed E-state index contributed by atoms with van der Waals surface area (Å²) in [6.45, 7) is 20.3. The Kier molecular flexibility index (Phi) is 9.84. The van der Waals surface area contributed by atoms with Gasteiger partial charge in [0, 0.05) is 19.6 Å². The van der Waals surface area contributed by atoms with E-state index in [2.05, 4.69) is 13.2 Å². The number of hydrogen-bond acceptors (Lipinski definition) is 5. The van der Waals surface area contributed by atoms with Crippen molar-refractivity contribution in [1.82, 2.24) is 9.80 Å². The number of para-hydroxylation sites is 1. The predicted molar refractivity (Wildman–Crippen MR) is 170 cm³/mol. The lowest BCUT2D eigenvalue weighted by Gasteiger charge is -2.41. The van der Waals surface area contributed by atoms with Crippen LogP contribution < -0.4 is 4.90 Å². The maximum atomic E-state index is 15.0. The number of anilines is 1. The van der Waals surface area contributed by atoms with Crippen molar-refractivity contribution in [2.24, 2.45) is 23.7 Å². The minimum absolute atomic E-state index is 0.0981. The highest BCUT2D eigenvalue weighted by molar-refractivity contribution is 6.34. The summed E-state index contributed by atoms with van der Waals surface area (Å²) in [5.41, 5.74) is -0.837. The van der Waals surface area contributed by atoms with Gasteiger partial charge in [-0.15, -0.1) is 13.2 Å². The minimum Gasteiger partial charge on any atom is -0.394 e. The molecule has 0 saturated carbocycles. The second-order valence-corrected chi connectivity index (χ2v) is 13.2. The van der Waals surface area contributed by atoms with E-state index in [1.165, 1.54) is 0 Å². The lowest BCUT2D eigenvalue weighted by molar-refractivity contribution is -0.154. The highest BCUT2D eigenvalue weighted by atomic mass is 35.5. The highest BCUT2D eigenvalue weighted by Gasteiger charge is 2.80. The Hall–Kier alpha value is -2.68. The number of halogens is 1. The zero-order chi connectivity index (χ0) is 31.9. The van der Waals surface area contributed by atoms with Gasteiger partial charge in [0.15, 0.2) is 0 Å². The third-order valence-electron chi connectivity index (χ3n) is 10.3. The van der Waals surface area contributed by atoms with Crippen molar-refractivity contribution in [2.75, 3.05) is 31.1 Å². The zero-order valence-corrected chi connectivity index (χ0v) is 27.3. The number of amides is 3. The molecule has 236 valence electrons. The Bertz CT molecular complexity index is 1250. The van der Waals surface area contributed by atoms with Crippen molar-refractivity contribution in [3.63, 3.8) is 0 Å². The second-order valence-electron chi connectivity index (χ2n) is 12.8. The quantitative estimate of drug-likeness (QED) is 0.316. The van der Waals surface area contributed by atoms with Gasteiger partial charge in [0.25, 0.3) is 5.91 Å². The number of carbonyl (C=O) groups is 3. The van der Waals surface area contributed by atoms with Gasteiger partial charge < -0.3 is 24.5 Å². The first-order chi connectivity index (χ1) is 20.4. The number of likely N-dealkylation sites (tertiary alicyclic amines) is 1. The van der Waals surface area contributed by atoms with Crippen molar-refractivity contribution in [3.05, 3.63) is 54.1 Å². The summed E-state index contributed by atoms with van der Waals surface area (Å²) >= 11 is 6.69. The fraction of sp³-hybridized carbons (Fsp3) is 0.618. The molecule has 3 unspecified atom stereocenters. The van der Waals surface area contributed by atoms with E-state index >= 15 is 4.79 Å². The van der Waals surface area contributed by atoms with Crippen LogP contribution in [0, 0.1) is 30.6 Å². The first-order valence-corrected chi connectivity index (χ1v) is 16.0. The third kappa shape index (κ3) is 5.13. The van der Waals surface area contributed by atoms with Gasteiger partial charge in [-0.05, 0) is 50.2 Å². The Labute approximate surface area is 261 Å². The molecule has 3 aliphatic rings. The summed E-state index contributed by atoms with van der Waals surface area (Å²) in [6.07, 6.45) is 5.21. The first-order valence-electron chi connectivity index (χ1n) is 15.6. The van der Waals surface area contributed by atoms with Crippen LogP contribution in [-0.4, -0.2) is 82.2 Å². The molecule has 3 fully saturated rings. The van der Waals surface area contributed by atoms with Gasteiger partial charge in [-0.3, -0.25) is 14.4 Å². The van der Waals surface area contributed by atoms with Crippen LogP contribution in [0.5, 0.6) is 0 Å². The molecule has 1 N–H and O–H groups in total. The monoisotopic (exact) mass is 613 g/mol. The van der Waals surface area contributed by atoms with Gasteiger partial charge in [-0.1, -0.05) is 70.0 Å². The zero-order valence-electron chi connectivity index (χ0n) is 26.5. The second kappa shape index (κ2) is 12.7. The van der Waals surface area contributed by atoms with Crippen LogP contribution in [0.2, 0.25) is 5.02 Å². The van der Waals surface area contributed by atoms with Crippen molar-refractivity contribution < 1.29 is 24.2 Å². The van der Waals surface area contributed by atoms with Gasteiger partial charge in [0.05, 0.1) is 40.8 Å². The van der Waals surface area contributed by atoms with E-state index < -0.39 is 35.1 Å². The molecule has 1 aromatic carbocycles. The van der Waals surface area contributed by atoms with Crippen LogP contribution in [0.15, 0.2) is 43.5 Å². The van der Waals surface area contributed by atoms with Gasteiger partial charge in [0.2, 0.25) is 11.8 Å². The Morgan fingerprint density at radius 1 is 1.23 bits per heavy atom. The average Bonchev–Trinajstić information content (AvgIpc) is 3.48. The highest BCUT2D eigenvalue weighted by Crippen LogP contribution is 2.66. The van der Waals surface area contributed by atoms with E-state index in [9.17, 15) is 14.7 Å². The van der Waals surface area contributed by atoms with E-state index in [0.29, 0.717) is 36.6 Å². The predicted octanol–water partition coefficient (Wildman–Crippen LogP) is 5.01. The maximum Gasteiger partial charge on any atom is 0.253 e. The molecule has 3 heterocycles. The number of carbonyl (C=O) groups excluding carboxylic acids is 3. The molecular weight excluding hydrogens is 566 g/mol. The number of fused-ring (bicyclic) bond motifs is 1. The van der Waals surface area contributed by atoms with Crippen molar-refractivity contribution in [3.8, 4) is 0 Å². The SMILES string of the molecule is C=CCN(CCC)C(=O)[C@H]1[C@H]2C(=O)N([C@@H](CO)[C@@H](C)CC)C(C(=O)N(CC=C)c3c(C)cccc3Cl)C23CC(C)[C@]1(C)O3. The molecule has 8 nitrogen and oxygen atoms in total. The van der Waals surface area contributed by atoms with Crippen LogP contribution in [0.3, 0.4) is 0 Å². The summed E-state index contributed by atoms with van der Waals surface area (Å²) in [7, 11) is 0. The van der Waals surface area contributed by atoms with Crippen molar-refractivity contribution in [1.29, 1.82) is 0 Å². The first kappa shape index (κ1) is 33.2. The molecule has 9 heteroatoms. The lowest BCUT2D eigenvalue weighted by Crippen LogP contribution is -2.60. The van der Waals surface area contributed by atoms with E-state index in [1.54, 1.807) is 32.9 Å². The maximum absolute atomic E-state index is 15.0. The number of aryl methyl sites for hydroxylation is 1. The molecular formula is C34H48ClN3O5. The normalized spacial score (nSPS) is 30.6. The molecule has 0 aliphatic carbocycles. The Morgan fingerprint density at radius 2 is 1.91 bits per heavy atom. The van der Waals surface area contributed by atoms with E-state index in [4.69, 9.17) is 16.3 Å². The molecule has 3 aliphatic heterocycles. The summed E-state index contributed by atoms with van der Waals surface area (Å²) in [5.74, 6) is -2.66.